The average Bonchev–Trinajstić information content (AvgIpc) is 3.43. The first-order valence-corrected chi connectivity index (χ1v) is 10.9. The van der Waals surface area contributed by atoms with Crippen molar-refractivity contribution in [3.05, 3.63) is 59.5 Å². The smallest absolute Gasteiger partial charge is 0.374 e. The van der Waals surface area contributed by atoms with E-state index in [2.05, 4.69) is 36.1 Å². The summed E-state index contributed by atoms with van der Waals surface area (Å²) in [6, 6.07) is 15.2. The fourth-order valence-electron chi connectivity index (χ4n) is 5.28. The molecule has 1 aliphatic heterocycles. The number of benzene rings is 2. The summed E-state index contributed by atoms with van der Waals surface area (Å²) in [7, 11) is 0. The molecule has 1 saturated carbocycles. The van der Waals surface area contributed by atoms with E-state index in [0.717, 1.165) is 23.2 Å². The minimum atomic E-state index is -0.812. The fraction of sp³-hybridized carbons (Fsp3) is 0.360. The van der Waals surface area contributed by atoms with Crippen LogP contribution in [-0.2, 0) is 11.3 Å². The predicted molar refractivity (Wildman–Crippen MR) is 117 cm³/mol. The molecule has 2 unspecified atom stereocenters. The van der Waals surface area contributed by atoms with Gasteiger partial charge in [-0.25, -0.2) is 0 Å². The Bertz CT molecular complexity index is 1130. The fourth-order valence-corrected chi connectivity index (χ4v) is 5.28. The van der Waals surface area contributed by atoms with Gasteiger partial charge in [-0.1, -0.05) is 24.6 Å². The number of hydrogen-bond acceptors (Lipinski definition) is 3. The Labute approximate surface area is 176 Å². The van der Waals surface area contributed by atoms with Crippen molar-refractivity contribution in [2.75, 3.05) is 11.4 Å². The molecule has 1 fully saturated rings. The third-order valence-corrected chi connectivity index (χ3v) is 6.59. The molecule has 30 heavy (non-hydrogen) atoms. The molecule has 2 aliphatic rings. The van der Waals surface area contributed by atoms with Crippen LogP contribution in [0.15, 0.2) is 46.9 Å². The zero-order valence-corrected chi connectivity index (χ0v) is 17.3. The number of anilines is 1. The maximum absolute atomic E-state index is 11.1. The third kappa shape index (κ3) is 3.18. The monoisotopic (exact) mass is 403 g/mol. The first kappa shape index (κ1) is 18.9. The van der Waals surface area contributed by atoms with E-state index in [-0.39, 0.29) is 6.42 Å². The summed E-state index contributed by atoms with van der Waals surface area (Å²) >= 11 is 0. The number of carbonyl (C=O) groups is 1. The van der Waals surface area contributed by atoms with Crippen molar-refractivity contribution in [2.24, 2.45) is 0 Å². The predicted octanol–water partition coefficient (Wildman–Crippen LogP) is 4.84. The molecule has 5 rings (SSSR count). The quantitative estimate of drug-likeness (QED) is 0.598. The highest BCUT2D eigenvalue weighted by molar-refractivity contribution is 5.74. The van der Waals surface area contributed by atoms with Crippen molar-refractivity contribution in [1.29, 1.82) is 0 Å². The zero-order valence-electron chi connectivity index (χ0n) is 17.3. The number of oxazole rings is 1. The summed E-state index contributed by atoms with van der Waals surface area (Å²) in [5, 5.41) is 9.12. The van der Waals surface area contributed by atoms with E-state index < -0.39 is 5.97 Å². The van der Waals surface area contributed by atoms with Gasteiger partial charge < -0.3 is 14.4 Å². The van der Waals surface area contributed by atoms with Gasteiger partial charge in [0.1, 0.15) is 6.42 Å². The molecule has 3 aromatic rings. The topological polar surface area (TPSA) is 57.6 Å². The van der Waals surface area contributed by atoms with E-state index in [1.54, 1.807) is 0 Å². The van der Waals surface area contributed by atoms with Crippen LogP contribution in [0.25, 0.3) is 23.3 Å². The molecule has 1 aliphatic carbocycles. The molecule has 2 heterocycles. The van der Waals surface area contributed by atoms with Gasteiger partial charge in [0.2, 0.25) is 5.58 Å². The molecule has 5 heteroatoms. The van der Waals surface area contributed by atoms with Crippen LogP contribution in [0.1, 0.15) is 55.5 Å². The SMILES string of the molecule is CCN1c2ccc(/C=C/c3oc4ccccc4[n+]3CCC(=O)O)cc2C2CCCC21. The van der Waals surface area contributed by atoms with E-state index in [1.807, 2.05) is 34.9 Å². The molecule has 5 nitrogen and oxygen atoms in total. The molecular weight excluding hydrogens is 376 g/mol. The Morgan fingerprint density at radius 2 is 2.10 bits per heavy atom. The van der Waals surface area contributed by atoms with Gasteiger partial charge in [-0.2, -0.15) is 4.57 Å². The van der Waals surface area contributed by atoms with Gasteiger partial charge in [0.05, 0.1) is 6.08 Å². The summed E-state index contributed by atoms with van der Waals surface area (Å²) in [5.74, 6) is 0.514. The Hall–Kier alpha value is -3.08. The molecule has 0 spiro atoms. The van der Waals surface area contributed by atoms with Crippen molar-refractivity contribution in [1.82, 2.24) is 0 Å². The summed E-state index contributed by atoms with van der Waals surface area (Å²) in [5.41, 5.74) is 5.71. The standard InChI is InChI=1S/C25H26N2O3/c1-2-26-20-8-5-6-18(20)19-16-17(10-12-21(19)26)11-13-24-27(15-14-25(28)29)22-7-3-4-9-23(22)30-24/h3-4,7,9-13,16,18,20H,2,5-6,8,14-15H2,1H3/p+1. The number of fused-ring (bicyclic) bond motifs is 4. The molecule has 0 saturated heterocycles. The lowest BCUT2D eigenvalue weighted by Crippen LogP contribution is -2.36. The maximum Gasteiger partial charge on any atom is 0.374 e. The zero-order chi connectivity index (χ0) is 20.7. The number of hydrogen-bond donors (Lipinski definition) is 1. The lowest BCUT2D eigenvalue weighted by molar-refractivity contribution is -0.676. The van der Waals surface area contributed by atoms with Crippen LogP contribution in [0.3, 0.4) is 0 Å². The van der Waals surface area contributed by atoms with Crippen LogP contribution >= 0.6 is 0 Å². The summed E-state index contributed by atoms with van der Waals surface area (Å²) in [6.45, 7) is 3.69. The Morgan fingerprint density at radius 1 is 1.23 bits per heavy atom. The van der Waals surface area contributed by atoms with E-state index in [4.69, 9.17) is 9.52 Å². The number of carboxylic acids is 1. The van der Waals surface area contributed by atoms with Crippen molar-refractivity contribution < 1.29 is 18.9 Å². The van der Waals surface area contributed by atoms with Crippen molar-refractivity contribution >= 4 is 34.9 Å². The van der Waals surface area contributed by atoms with Crippen LogP contribution in [0.4, 0.5) is 5.69 Å². The minimum absolute atomic E-state index is 0.0593. The first-order chi connectivity index (χ1) is 14.7. The van der Waals surface area contributed by atoms with E-state index in [1.165, 1.54) is 30.5 Å². The number of aliphatic carboxylic acids is 1. The number of aromatic nitrogens is 1. The molecule has 1 N–H and O–H groups in total. The molecule has 0 amide bonds. The Kier molecular flexibility index (Phi) is 4.81. The van der Waals surface area contributed by atoms with Crippen LogP contribution in [0.5, 0.6) is 0 Å². The van der Waals surface area contributed by atoms with Gasteiger partial charge in [-0.3, -0.25) is 4.79 Å². The van der Waals surface area contributed by atoms with Gasteiger partial charge in [-0.15, -0.1) is 0 Å². The number of nitrogens with zero attached hydrogens (tertiary/aromatic N) is 2. The van der Waals surface area contributed by atoms with E-state index in [0.29, 0.717) is 24.4 Å². The van der Waals surface area contributed by atoms with Crippen LogP contribution in [0.2, 0.25) is 0 Å². The molecule has 0 bridgehead atoms. The number of carboxylic acid groups (broad SMARTS) is 1. The highest BCUT2D eigenvalue weighted by Gasteiger charge is 2.40. The minimum Gasteiger partial charge on any atom is -0.481 e. The first-order valence-electron chi connectivity index (χ1n) is 10.9. The number of aryl methyl sites for hydroxylation is 1. The molecule has 1 aromatic heterocycles. The highest BCUT2D eigenvalue weighted by Crippen LogP contribution is 2.49. The molecule has 2 aromatic carbocycles. The summed E-state index contributed by atoms with van der Waals surface area (Å²) in [4.78, 5) is 13.7. The maximum atomic E-state index is 11.1. The second-order valence-electron chi connectivity index (χ2n) is 8.25. The lowest BCUT2D eigenvalue weighted by Gasteiger charge is -2.25. The highest BCUT2D eigenvalue weighted by atomic mass is 16.4. The normalized spacial score (nSPS) is 20.2. The van der Waals surface area contributed by atoms with Gasteiger partial charge in [-0.05, 0) is 55.2 Å². The Morgan fingerprint density at radius 3 is 2.93 bits per heavy atom. The van der Waals surface area contributed by atoms with Crippen LogP contribution < -0.4 is 9.47 Å². The third-order valence-electron chi connectivity index (χ3n) is 6.59. The Balaban J connectivity index is 1.48. The van der Waals surface area contributed by atoms with E-state index in [9.17, 15) is 4.79 Å². The second-order valence-corrected chi connectivity index (χ2v) is 8.25. The van der Waals surface area contributed by atoms with E-state index >= 15 is 0 Å². The largest absolute Gasteiger partial charge is 0.481 e. The summed E-state index contributed by atoms with van der Waals surface area (Å²) < 4.78 is 7.97. The van der Waals surface area contributed by atoms with Gasteiger partial charge in [0.25, 0.3) is 5.52 Å². The lowest BCUT2D eigenvalue weighted by atomic mass is 9.96. The average molecular weight is 404 g/mol. The van der Waals surface area contributed by atoms with Crippen molar-refractivity contribution in [2.45, 2.75) is 51.1 Å². The molecular formula is C25H27N2O3+. The van der Waals surface area contributed by atoms with Gasteiger partial charge in [0.15, 0.2) is 6.54 Å². The van der Waals surface area contributed by atoms with Crippen LogP contribution in [-0.4, -0.2) is 23.7 Å². The molecule has 2 atom stereocenters. The number of rotatable bonds is 6. The number of likely N-dealkylation sites (N-methyl/N-ethyl adjacent to an activating group) is 1. The van der Waals surface area contributed by atoms with Crippen LogP contribution in [0, 0.1) is 0 Å². The van der Waals surface area contributed by atoms with Gasteiger partial charge >= 0.3 is 11.9 Å². The number of para-hydroxylation sites is 2. The summed E-state index contributed by atoms with van der Waals surface area (Å²) in [6.07, 6.45) is 7.98. The van der Waals surface area contributed by atoms with Crippen molar-refractivity contribution in [3.8, 4) is 0 Å². The molecule has 0 radical (unpaired) electrons. The second kappa shape index (κ2) is 7.63. The van der Waals surface area contributed by atoms with Gasteiger partial charge in [0, 0.05) is 30.3 Å². The van der Waals surface area contributed by atoms with Crippen molar-refractivity contribution in [3.63, 3.8) is 0 Å². The molecule has 154 valence electrons.